The van der Waals surface area contributed by atoms with Gasteiger partial charge in [0, 0.05) is 18.3 Å². The summed E-state index contributed by atoms with van der Waals surface area (Å²) in [6, 6.07) is 5.29. The van der Waals surface area contributed by atoms with Crippen molar-refractivity contribution >= 4 is 6.09 Å². The van der Waals surface area contributed by atoms with Gasteiger partial charge in [0.2, 0.25) is 5.88 Å². The lowest BCUT2D eigenvalue weighted by Crippen LogP contribution is -2.27. The SMILES string of the molecule is CCCNC(=O)Oc1cccc(C)n1. The summed E-state index contributed by atoms with van der Waals surface area (Å²) in [4.78, 5) is 15.1. The lowest BCUT2D eigenvalue weighted by Gasteiger charge is -2.04. The fraction of sp³-hybridized carbons (Fsp3) is 0.400. The van der Waals surface area contributed by atoms with Crippen LogP contribution in [0.1, 0.15) is 19.0 Å². The van der Waals surface area contributed by atoms with Crippen LogP contribution in [0.4, 0.5) is 4.79 Å². The van der Waals surface area contributed by atoms with Gasteiger partial charge in [-0.2, -0.15) is 0 Å². The van der Waals surface area contributed by atoms with Crippen LogP contribution >= 0.6 is 0 Å². The molecule has 0 saturated heterocycles. The first kappa shape index (κ1) is 10.5. The maximum Gasteiger partial charge on any atom is 0.413 e. The molecule has 0 fully saturated rings. The number of nitrogens with zero attached hydrogens (tertiary/aromatic N) is 1. The van der Waals surface area contributed by atoms with E-state index >= 15 is 0 Å². The molecule has 0 unspecified atom stereocenters. The molecule has 0 saturated carbocycles. The molecule has 0 atom stereocenters. The Morgan fingerprint density at radius 1 is 1.57 bits per heavy atom. The van der Waals surface area contributed by atoms with Gasteiger partial charge in [-0.25, -0.2) is 9.78 Å². The van der Waals surface area contributed by atoms with Crippen LogP contribution in [0.3, 0.4) is 0 Å². The van der Waals surface area contributed by atoms with Crippen molar-refractivity contribution < 1.29 is 9.53 Å². The lowest BCUT2D eigenvalue weighted by molar-refractivity contribution is 0.198. The number of hydrogen-bond acceptors (Lipinski definition) is 3. The van der Waals surface area contributed by atoms with E-state index in [0.29, 0.717) is 12.4 Å². The van der Waals surface area contributed by atoms with Gasteiger partial charge in [-0.1, -0.05) is 13.0 Å². The average Bonchev–Trinajstić information content (AvgIpc) is 2.15. The number of aromatic nitrogens is 1. The molecule has 0 aliphatic carbocycles. The highest BCUT2D eigenvalue weighted by Crippen LogP contribution is 2.06. The van der Waals surface area contributed by atoms with E-state index in [9.17, 15) is 4.79 Å². The number of amides is 1. The summed E-state index contributed by atoms with van der Waals surface area (Å²) in [6.45, 7) is 4.44. The minimum absolute atomic E-state index is 0.332. The molecular weight excluding hydrogens is 180 g/mol. The second kappa shape index (κ2) is 5.21. The van der Waals surface area contributed by atoms with Gasteiger partial charge in [-0.3, -0.25) is 0 Å². The molecule has 4 nitrogen and oxygen atoms in total. The van der Waals surface area contributed by atoms with E-state index in [1.807, 2.05) is 19.9 Å². The van der Waals surface area contributed by atoms with Crippen LogP contribution < -0.4 is 10.1 Å². The standard InChI is InChI=1S/C10H14N2O2/c1-3-7-11-10(13)14-9-6-4-5-8(2)12-9/h4-6H,3,7H2,1-2H3,(H,11,13). The molecule has 1 aromatic heterocycles. The summed E-state index contributed by atoms with van der Waals surface area (Å²) in [6.07, 6.45) is 0.432. The number of ether oxygens (including phenoxy) is 1. The van der Waals surface area contributed by atoms with Gasteiger partial charge in [0.25, 0.3) is 0 Å². The summed E-state index contributed by atoms with van der Waals surface area (Å²) in [5.41, 5.74) is 0.825. The zero-order valence-electron chi connectivity index (χ0n) is 8.41. The van der Waals surface area contributed by atoms with E-state index in [0.717, 1.165) is 12.1 Å². The Morgan fingerprint density at radius 2 is 2.36 bits per heavy atom. The van der Waals surface area contributed by atoms with Crippen molar-refractivity contribution in [3.8, 4) is 5.88 Å². The van der Waals surface area contributed by atoms with Crippen molar-refractivity contribution in [2.75, 3.05) is 6.54 Å². The van der Waals surface area contributed by atoms with Crippen LogP contribution in [0.15, 0.2) is 18.2 Å². The largest absolute Gasteiger partial charge is 0.413 e. The highest BCUT2D eigenvalue weighted by molar-refractivity contribution is 5.69. The number of hydrogen-bond donors (Lipinski definition) is 1. The van der Waals surface area contributed by atoms with Crippen molar-refractivity contribution in [2.45, 2.75) is 20.3 Å². The molecule has 0 aliphatic rings. The van der Waals surface area contributed by atoms with E-state index in [4.69, 9.17) is 4.74 Å². The summed E-state index contributed by atoms with van der Waals surface area (Å²) in [5, 5.41) is 2.60. The maximum atomic E-state index is 11.1. The summed E-state index contributed by atoms with van der Waals surface area (Å²) in [7, 11) is 0. The van der Waals surface area contributed by atoms with Gasteiger partial charge in [-0.05, 0) is 19.4 Å². The average molecular weight is 194 g/mol. The van der Waals surface area contributed by atoms with Gasteiger partial charge in [0.15, 0.2) is 0 Å². The minimum atomic E-state index is -0.454. The molecule has 0 radical (unpaired) electrons. The van der Waals surface area contributed by atoms with Crippen molar-refractivity contribution in [3.05, 3.63) is 23.9 Å². The Labute approximate surface area is 83.3 Å². The predicted molar refractivity (Wildman–Crippen MR) is 53.3 cm³/mol. The second-order valence-corrected chi connectivity index (χ2v) is 2.93. The summed E-state index contributed by atoms with van der Waals surface area (Å²) >= 11 is 0. The van der Waals surface area contributed by atoms with Crippen molar-refractivity contribution in [3.63, 3.8) is 0 Å². The Bertz CT molecular complexity index is 313. The monoisotopic (exact) mass is 194 g/mol. The maximum absolute atomic E-state index is 11.1. The predicted octanol–water partition coefficient (Wildman–Crippen LogP) is 1.89. The highest BCUT2D eigenvalue weighted by Gasteiger charge is 2.03. The van der Waals surface area contributed by atoms with Crippen LogP contribution in [0.2, 0.25) is 0 Å². The quantitative estimate of drug-likeness (QED) is 0.799. The lowest BCUT2D eigenvalue weighted by atomic mass is 10.4. The molecule has 1 rings (SSSR count). The van der Waals surface area contributed by atoms with Gasteiger partial charge in [0.1, 0.15) is 0 Å². The molecule has 0 aromatic carbocycles. The molecule has 1 heterocycles. The van der Waals surface area contributed by atoms with E-state index in [2.05, 4.69) is 10.3 Å². The van der Waals surface area contributed by atoms with Crippen LogP contribution in [0.25, 0.3) is 0 Å². The smallest absolute Gasteiger partial charge is 0.391 e. The van der Waals surface area contributed by atoms with Crippen molar-refractivity contribution in [1.82, 2.24) is 10.3 Å². The highest BCUT2D eigenvalue weighted by atomic mass is 16.6. The van der Waals surface area contributed by atoms with Crippen LogP contribution in [0.5, 0.6) is 5.88 Å². The summed E-state index contributed by atoms with van der Waals surface area (Å²) < 4.78 is 4.94. The molecule has 1 aromatic rings. The normalized spacial score (nSPS) is 9.57. The number of carbonyl (C=O) groups is 1. The second-order valence-electron chi connectivity index (χ2n) is 2.93. The molecule has 14 heavy (non-hydrogen) atoms. The number of nitrogens with one attached hydrogen (secondary N) is 1. The first-order valence-electron chi connectivity index (χ1n) is 4.61. The molecule has 76 valence electrons. The zero-order valence-corrected chi connectivity index (χ0v) is 8.41. The molecule has 0 aliphatic heterocycles. The molecular formula is C10H14N2O2. The molecule has 4 heteroatoms. The van der Waals surface area contributed by atoms with Crippen LogP contribution in [-0.4, -0.2) is 17.6 Å². The Hall–Kier alpha value is -1.58. The molecule has 1 amide bonds. The van der Waals surface area contributed by atoms with Crippen LogP contribution in [0, 0.1) is 6.92 Å². The number of carbonyl (C=O) groups excluding carboxylic acids is 1. The fourth-order valence-corrected chi connectivity index (χ4v) is 0.933. The van der Waals surface area contributed by atoms with Crippen molar-refractivity contribution in [2.24, 2.45) is 0 Å². The third kappa shape index (κ3) is 3.43. The molecule has 0 bridgehead atoms. The van der Waals surface area contributed by atoms with Gasteiger partial charge >= 0.3 is 6.09 Å². The first-order chi connectivity index (χ1) is 6.72. The fourth-order valence-electron chi connectivity index (χ4n) is 0.933. The van der Waals surface area contributed by atoms with Gasteiger partial charge in [-0.15, -0.1) is 0 Å². The van der Waals surface area contributed by atoms with Crippen molar-refractivity contribution in [1.29, 1.82) is 0 Å². The van der Waals surface area contributed by atoms with Crippen LogP contribution in [-0.2, 0) is 0 Å². The Kier molecular flexibility index (Phi) is 3.91. The van der Waals surface area contributed by atoms with E-state index in [1.54, 1.807) is 12.1 Å². The van der Waals surface area contributed by atoms with E-state index < -0.39 is 6.09 Å². The number of aryl methyl sites for hydroxylation is 1. The number of pyridine rings is 1. The summed E-state index contributed by atoms with van der Waals surface area (Å²) in [5.74, 6) is 0.332. The molecule has 1 N–H and O–H groups in total. The van der Waals surface area contributed by atoms with E-state index in [-0.39, 0.29) is 0 Å². The van der Waals surface area contributed by atoms with Gasteiger partial charge < -0.3 is 10.1 Å². The first-order valence-corrected chi connectivity index (χ1v) is 4.61. The number of rotatable bonds is 3. The Balaban J connectivity index is 2.47. The minimum Gasteiger partial charge on any atom is -0.391 e. The third-order valence-electron chi connectivity index (χ3n) is 1.58. The van der Waals surface area contributed by atoms with E-state index in [1.165, 1.54) is 0 Å². The zero-order chi connectivity index (χ0) is 10.4. The van der Waals surface area contributed by atoms with Gasteiger partial charge in [0.05, 0.1) is 0 Å². The third-order valence-corrected chi connectivity index (χ3v) is 1.58. The topological polar surface area (TPSA) is 51.2 Å². The Morgan fingerprint density at radius 3 is 3.00 bits per heavy atom. The molecule has 0 spiro atoms.